The molecule has 7 heteroatoms. The topological polar surface area (TPSA) is 105 Å². The van der Waals surface area contributed by atoms with Crippen LogP contribution in [0.2, 0.25) is 0 Å². The monoisotopic (exact) mass is 369 g/mol. The maximum absolute atomic E-state index is 9.01. The summed E-state index contributed by atoms with van der Waals surface area (Å²) in [5.74, 6) is 0.677. The van der Waals surface area contributed by atoms with Crippen molar-refractivity contribution in [3.8, 4) is 17.2 Å². The van der Waals surface area contributed by atoms with E-state index in [0.29, 0.717) is 11.5 Å². The highest BCUT2D eigenvalue weighted by molar-refractivity contribution is 5.97. The van der Waals surface area contributed by atoms with E-state index in [2.05, 4.69) is 39.4 Å². The third-order valence-corrected chi connectivity index (χ3v) is 4.68. The fourth-order valence-electron chi connectivity index (χ4n) is 3.10. The Balaban J connectivity index is 1.71. The molecule has 1 atom stereocenters. The van der Waals surface area contributed by atoms with Crippen LogP contribution in [-0.2, 0) is 0 Å². The maximum atomic E-state index is 9.01. The van der Waals surface area contributed by atoms with E-state index in [9.17, 15) is 0 Å². The Morgan fingerprint density at radius 3 is 2.86 bits per heavy atom. The number of nitrogens with two attached hydrogens (primary N) is 1. The number of nitrogens with one attached hydrogen (secondary N) is 1. The summed E-state index contributed by atoms with van der Waals surface area (Å²) in [6, 6.07) is 9.80. The molecule has 0 bridgehead atoms. The van der Waals surface area contributed by atoms with Gasteiger partial charge < -0.3 is 11.1 Å². The van der Waals surface area contributed by atoms with Gasteiger partial charge in [0.25, 0.3) is 0 Å². The zero-order valence-corrected chi connectivity index (χ0v) is 15.6. The number of fused-ring (bicyclic) bond motifs is 1. The van der Waals surface area contributed by atoms with Gasteiger partial charge in [-0.25, -0.2) is 4.98 Å². The second-order valence-corrected chi connectivity index (χ2v) is 6.69. The molecule has 3 N–H and O–H groups in total. The normalized spacial score (nSPS) is 11.9. The lowest BCUT2D eigenvalue weighted by atomic mass is 9.99. The Labute approximate surface area is 162 Å². The summed E-state index contributed by atoms with van der Waals surface area (Å²) in [6.45, 7) is 3.84. The van der Waals surface area contributed by atoms with Gasteiger partial charge in [0.2, 0.25) is 0 Å². The summed E-state index contributed by atoms with van der Waals surface area (Å²) in [4.78, 5) is 8.68. The number of anilines is 3. The van der Waals surface area contributed by atoms with Crippen LogP contribution in [0, 0.1) is 18.3 Å². The fourth-order valence-corrected chi connectivity index (χ4v) is 3.10. The smallest absolute Gasteiger partial charge is 0.135 e. The molecule has 0 aliphatic rings. The summed E-state index contributed by atoms with van der Waals surface area (Å²) in [6.07, 6.45) is 8.84. The lowest BCUT2D eigenvalue weighted by Crippen LogP contribution is -2.02. The van der Waals surface area contributed by atoms with Gasteiger partial charge in [-0.1, -0.05) is 0 Å². The number of pyridine rings is 2. The predicted octanol–water partition coefficient (Wildman–Crippen LogP) is 4.21. The number of hydrogen-bond donors (Lipinski definition) is 2. The first-order valence-corrected chi connectivity index (χ1v) is 8.86. The molecular formula is C21H19N7. The van der Waals surface area contributed by atoms with Crippen molar-refractivity contribution in [3.05, 3.63) is 60.8 Å². The molecular weight excluding hydrogens is 350 g/mol. The Morgan fingerprint density at radius 1 is 1.21 bits per heavy atom. The Kier molecular flexibility index (Phi) is 4.38. The molecule has 4 rings (SSSR count). The van der Waals surface area contributed by atoms with E-state index in [0.717, 1.165) is 33.2 Å². The minimum atomic E-state index is -0.329. The molecule has 0 aliphatic heterocycles. The number of nitriles is 1. The van der Waals surface area contributed by atoms with Crippen LogP contribution in [0.15, 0.2) is 55.2 Å². The molecule has 0 aliphatic carbocycles. The van der Waals surface area contributed by atoms with Crippen molar-refractivity contribution in [2.75, 3.05) is 11.1 Å². The zero-order valence-electron chi connectivity index (χ0n) is 15.6. The number of rotatable bonds is 4. The molecule has 0 fully saturated rings. The first kappa shape index (κ1) is 17.5. The van der Waals surface area contributed by atoms with Crippen LogP contribution < -0.4 is 11.1 Å². The van der Waals surface area contributed by atoms with Gasteiger partial charge in [0, 0.05) is 41.4 Å². The summed E-state index contributed by atoms with van der Waals surface area (Å²) >= 11 is 0. The van der Waals surface area contributed by atoms with Crippen molar-refractivity contribution in [1.29, 1.82) is 5.26 Å². The highest BCUT2D eigenvalue weighted by atomic mass is 15.3. The quantitative estimate of drug-likeness (QED) is 0.522. The average molecular weight is 369 g/mol. The molecule has 138 valence electrons. The lowest BCUT2D eigenvalue weighted by Gasteiger charge is -2.11. The van der Waals surface area contributed by atoms with E-state index in [4.69, 9.17) is 11.0 Å². The van der Waals surface area contributed by atoms with Crippen LogP contribution in [0.25, 0.3) is 21.9 Å². The summed E-state index contributed by atoms with van der Waals surface area (Å²) < 4.78 is 1.60. The molecule has 3 heterocycles. The van der Waals surface area contributed by atoms with Gasteiger partial charge in [-0.05, 0) is 54.6 Å². The highest BCUT2D eigenvalue weighted by Crippen LogP contribution is 2.31. The Hall–Kier alpha value is -3.92. The minimum absolute atomic E-state index is 0.329. The van der Waals surface area contributed by atoms with Gasteiger partial charge in [-0.2, -0.15) is 10.4 Å². The highest BCUT2D eigenvalue weighted by Gasteiger charge is 2.09. The summed E-state index contributed by atoms with van der Waals surface area (Å²) in [5.41, 5.74) is 10.9. The van der Waals surface area contributed by atoms with E-state index < -0.39 is 0 Å². The molecule has 1 aromatic carbocycles. The van der Waals surface area contributed by atoms with Crippen LogP contribution in [0.1, 0.15) is 18.5 Å². The van der Waals surface area contributed by atoms with Crippen molar-refractivity contribution in [2.45, 2.75) is 19.9 Å². The number of benzene rings is 1. The van der Waals surface area contributed by atoms with Crippen LogP contribution in [-0.4, -0.2) is 19.7 Å². The van der Waals surface area contributed by atoms with E-state index in [-0.39, 0.29) is 6.04 Å². The average Bonchev–Trinajstić information content (AvgIpc) is 3.16. The molecule has 28 heavy (non-hydrogen) atoms. The molecule has 3 aromatic heterocycles. The second-order valence-electron chi connectivity index (χ2n) is 6.69. The second kappa shape index (κ2) is 7.00. The van der Waals surface area contributed by atoms with Gasteiger partial charge in [0.05, 0.1) is 18.0 Å². The third kappa shape index (κ3) is 3.23. The van der Waals surface area contributed by atoms with Gasteiger partial charge in [-0.15, -0.1) is 0 Å². The molecule has 4 aromatic rings. The van der Waals surface area contributed by atoms with Gasteiger partial charge >= 0.3 is 0 Å². The molecule has 0 amide bonds. The number of nitrogens with zero attached hydrogens (tertiary/aromatic N) is 5. The first-order valence-electron chi connectivity index (χ1n) is 8.86. The standard InChI is InChI=1S/C21H19N7/c1-13-3-4-24-10-18(13)15-5-16-7-21(25-11-19(16)20(23)6-15)27-17-9-26-28(12-17)14(2)8-22/h3-7,9-12,14H,23H2,1-2H3,(H,25,27)/t14-/m0/s1. The number of aryl methyl sites for hydroxylation is 1. The largest absolute Gasteiger partial charge is 0.398 e. The maximum Gasteiger partial charge on any atom is 0.135 e. The lowest BCUT2D eigenvalue weighted by molar-refractivity contribution is 0.591. The fraction of sp³-hybridized carbons (Fsp3) is 0.143. The van der Waals surface area contributed by atoms with Gasteiger partial charge in [0.1, 0.15) is 11.9 Å². The van der Waals surface area contributed by atoms with Crippen LogP contribution in [0.3, 0.4) is 0 Å². The van der Waals surface area contributed by atoms with Crippen molar-refractivity contribution < 1.29 is 0 Å². The Morgan fingerprint density at radius 2 is 2.07 bits per heavy atom. The molecule has 0 saturated heterocycles. The number of nitrogen functional groups attached to an aromatic ring is 1. The van der Waals surface area contributed by atoms with Gasteiger partial charge in [-0.3, -0.25) is 9.67 Å². The minimum Gasteiger partial charge on any atom is -0.398 e. The van der Waals surface area contributed by atoms with Gasteiger partial charge in [0.15, 0.2) is 0 Å². The molecule has 0 unspecified atom stereocenters. The molecule has 7 nitrogen and oxygen atoms in total. The zero-order chi connectivity index (χ0) is 19.7. The SMILES string of the molecule is Cc1ccncc1-c1cc(N)c2cnc(Nc3cnn([C@@H](C)C#N)c3)cc2c1. The number of hydrogen-bond acceptors (Lipinski definition) is 6. The predicted molar refractivity (Wildman–Crippen MR) is 110 cm³/mol. The van der Waals surface area contributed by atoms with Crippen molar-refractivity contribution in [1.82, 2.24) is 19.7 Å². The molecule has 0 saturated carbocycles. The van der Waals surface area contributed by atoms with E-state index in [1.807, 2.05) is 24.4 Å². The third-order valence-electron chi connectivity index (χ3n) is 4.68. The van der Waals surface area contributed by atoms with Crippen LogP contribution in [0.4, 0.5) is 17.2 Å². The van der Waals surface area contributed by atoms with Crippen molar-refractivity contribution in [3.63, 3.8) is 0 Å². The van der Waals surface area contributed by atoms with E-state index in [1.54, 1.807) is 36.4 Å². The first-order chi connectivity index (χ1) is 13.5. The van der Waals surface area contributed by atoms with E-state index >= 15 is 0 Å². The number of aromatic nitrogens is 4. The Bertz CT molecular complexity index is 1200. The van der Waals surface area contributed by atoms with Crippen molar-refractivity contribution >= 4 is 28.0 Å². The van der Waals surface area contributed by atoms with Crippen molar-refractivity contribution in [2.24, 2.45) is 0 Å². The van der Waals surface area contributed by atoms with Crippen LogP contribution in [0.5, 0.6) is 0 Å². The molecule has 0 radical (unpaired) electrons. The van der Waals surface area contributed by atoms with Crippen LogP contribution >= 0.6 is 0 Å². The van der Waals surface area contributed by atoms with E-state index in [1.165, 1.54) is 0 Å². The summed E-state index contributed by atoms with van der Waals surface area (Å²) in [7, 11) is 0. The summed E-state index contributed by atoms with van der Waals surface area (Å²) in [5, 5.41) is 18.3. The molecule has 0 spiro atoms.